The van der Waals surface area contributed by atoms with Gasteiger partial charge in [-0.2, -0.15) is 4.31 Å². The van der Waals surface area contributed by atoms with E-state index in [2.05, 4.69) is 6.92 Å². The Hall–Kier alpha value is -2.25. The van der Waals surface area contributed by atoms with Crippen molar-refractivity contribution in [1.29, 1.82) is 0 Å². The van der Waals surface area contributed by atoms with E-state index in [4.69, 9.17) is 0 Å². The highest BCUT2D eigenvalue weighted by molar-refractivity contribution is 7.89. The number of hydrogen-bond donors (Lipinski definition) is 0. The van der Waals surface area contributed by atoms with Crippen molar-refractivity contribution in [2.45, 2.75) is 45.1 Å². The number of carbonyl (C=O) groups excluding carboxylic acids is 1. The quantitative estimate of drug-likeness (QED) is 0.714. The molecule has 30 heavy (non-hydrogen) atoms. The molecule has 1 heterocycles. The number of benzene rings is 2. The average Bonchev–Trinajstić information content (AvgIpc) is 2.71. The van der Waals surface area contributed by atoms with Gasteiger partial charge in [-0.25, -0.2) is 12.8 Å². The van der Waals surface area contributed by atoms with Crippen LogP contribution < -0.4 is 0 Å². The first kappa shape index (κ1) is 22.4. The second-order valence-corrected chi connectivity index (χ2v) is 10.2. The predicted octanol–water partition coefficient (Wildman–Crippen LogP) is 4.14. The molecule has 162 valence electrons. The number of amides is 1. The van der Waals surface area contributed by atoms with Gasteiger partial charge in [0, 0.05) is 37.8 Å². The van der Waals surface area contributed by atoms with E-state index in [1.807, 2.05) is 0 Å². The molecule has 1 aliphatic heterocycles. The maximum absolute atomic E-state index is 14.0. The van der Waals surface area contributed by atoms with Crippen LogP contribution in [0.3, 0.4) is 0 Å². The molecular formula is C23H29FN2O3S. The van der Waals surface area contributed by atoms with Crippen LogP contribution in [0.4, 0.5) is 4.39 Å². The van der Waals surface area contributed by atoms with Gasteiger partial charge in [-0.05, 0) is 61.9 Å². The zero-order valence-electron chi connectivity index (χ0n) is 18.0. The van der Waals surface area contributed by atoms with Gasteiger partial charge in [-0.3, -0.25) is 4.79 Å². The second kappa shape index (κ2) is 8.86. The van der Waals surface area contributed by atoms with Crippen molar-refractivity contribution in [2.24, 2.45) is 5.92 Å². The Morgan fingerprint density at radius 2 is 1.80 bits per heavy atom. The Labute approximate surface area is 178 Å². The molecular weight excluding hydrogens is 403 g/mol. The monoisotopic (exact) mass is 432 g/mol. The number of piperidine rings is 1. The highest BCUT2D eigenvalue weighted by Gasteiger charge is 2.30. The molecule has 1 saturated heterocycles. The maximum atomic E-state index is 14.0. The van der Waals surface area contributed by atoms with Crippen LogP contribution in [0.2, 0.25) is 0 Å². The smallest absolute Gasteiger partial charge is 0.253 e. The summed E-state index contributed by atoms with van der Waals surface area (Å²) in [6.07, 6.45) is 1.67. The van der Waals surface area contributed by atoms with Crippen LogP contribution in [0.25, 0.3) is 0 Å². The standard InChI is InChI=1S/C23H29FN2O3S/c1-16-9-11-26(12-10-16)30(28,29)22-14-20(13-17(2)18(22)3)23(27)25(4)15-19-7-5-6-8-21(19)24/h5-8,13-14,16H,9-12,15H2,1-4H3. The van der Waals surface area contributed by atoms with E-state index >= 15 is 0 Å². The van der Waals surface area contributed by atoms with Gasteiger partial charge in [-0.15, -0.1) is 0 Å². The lowest BCUT2D eigenvalue weighted by Gasteiger charge is -2.30. The van der Waals surface area contributed by atoms with Gasteiger partial charge in [0.05, 0.1) is 4.90 Å². The summed E-state index contributed by atoms with van der Waals surface area (Å²) in [5.74, 6) is -0.205. The van der Waals surface area contributed by atoms with E-state index in [1.54, 1.807) is 45.2 Å². The van der Waals surface area contributed by atoms with Crippen molar-refractivity contribution in [1.82, 2.24) is 9.21 Å². The van der Waals surface area contributed by atoms with Gasteiger partial charge in [-0.1, -0.05) is 25.1 Å². The molecule has 5 nitrogen and oxygen atoms in total. The normalized spacial score (nSPS) is 15.9. The summed E-state index contributed by atoms with van der Waals surface area (Å²) in [6, 6.07) is 9.47. The van der Waals surface area contributed by atoms with Crippen LogP contribution >= 0.6 is 0 Å². The zero-order chi connectivity index (χ0) is 22.1. The summed E-state index contributed by atoms with van der Waals surface area (Å²) in [4.78, 5) is 14.6. The maximum Gasteiger partial charge on any atom is 0.253 e. The zero-order valence-corrected chi connectivity index (χ0v) is 18.8. The molecule has 7 heteroatoms. The van der Waals surface area contributed by atoms with Crippen molar-refractivity contribution >= 4 is 15.9 Å². The number of nitrogens with zero attached hydrogens (tertiary/aromatic N) is 2. The van der Waals surface area contributed by atoms with Crippen molar-refractivity contribution in [3.05, 3.63) is 64.5 Å². The first-order valence-corrected chi connectivity index (χ1v) is 11.7. The largest absolute Gasteiger partial charge is 0.337 e. The SMILES string of the molecule is Cc1cc(C(=O)N(C)Cc2ccccc2F)cc(S(=O)(=O)N2CCC(C)CC2)c1C. The number of aryl methyl sites for hydroxylation is 1. The van der Waals surface area contributed by atoms with E-state index in [1.165, 1.54) is 21.3 Å². The minimum absolute atomic E-state index is 0.102. The van der Waals surface area contributed by atoms with E-state index in [0.29, 0.717) is 35.7 Å². The highest BCUT2D eigenvalue weighted by Crippen LogP contribution is 2.28. The fourth-order valence-electron chi connectivity index (χ4n) is 3.76. The lowest BCUT2D eigenvalue weighted by atomic mass is 10.0. The van der Waals surface area contributed by atoms with Gasteiger partial charge < -0.3 is 4.90 Å². The Bertz CT molecular complexity index is 1040. The number of sulfonamides is 1. The van der Waals surface area contributed by atoms with Crippen molar-refractivity contribution in [2.75, 3.05) is 20.1 Å². The Kier molecular flexibility index (Phi) is 6.62. The van der Waals surface area contributed by atoms with Crippen LogP contribution in [-0.2, 0) is 16.6 Å². The lowest BCUT2D eigenvalue weighted by molar-refractivity contribution is 0.0783. The fraction of sp³-hybridized carbons (Fsp3) is 0.435. The topological polar surface area (TPSA) is 57.7 Å². The first-order chi connectivity index (χ1) is 14.1. The number of hydrogen-bond acceptors (Lipinski definition) is 3. The molecule has 0 aliphatic carbocycles. The summed E-state index contributed by atoms with van der Waals surface area (Å²) in [5.41, 5.74) is 2.10. The van der Waals surface area contributed by atoms with Crippen LogP contribution in [0.15, 0.2) is 41.3 Å². The number of carbonyl (C=O) groups is 1. The molecule has 3 rings (SSSR count). The molecule has 1 amide bonds. The summed E-state index contributed by atoms with van der Waals surface area (Å²) >= 11 is 0. The minimum Gasteiger partial charge on any atom is -0.337 e. The van der Waals surface area contributed by atoms with E-state index in [-0.39, 0.29) is 23.2 Å². The van der Waals surface area contributed by atoms with Crippen molar-refractivity contribution < 1.29 is 17.6 Å². The van der Waals surface area contributed by atoms with E-state index in [9.17, 15) is 17.6 Å². The molecule has 0 N–H and O–H groups in total. The molecule has 0 radical (unpaired) electrons. The van der Waals surface area contributed by atoms with E-state index in [0.717, 1.165) is 18.4 Å². The van der Waals surface area contributed by atoms with E-state index < -0.39 is 10.0 Å². The fourth-order valence-corrected chi connectivity index (χ4v) is 5.55. The summed E-state index contributed by atoms with van der Waals surface area (Å²) in [5, 5.41) is 0. The van der Waals surface area contributed by atoms with Crippen LogP contribution in [-0.4, -0.2) is 43.7 Å². The third kappa shape index (κ3) is 4.57. The molecule has 0 aromatic heterocycles. The number of rotatable bonds is 5. The molecule has 0 bridgehead atoms. The van der Waals surface area contributed by atoms with Gasteiger partial charge in [0.15, 0.2) is 0 Å². The summed E-state index contributed by atoms with van der Waals surface area (Å²) < 4.78 is 42.1. The van der Waals surface area contributed by atoms with Gasteiger partial charge >= 0.3 is 0 Å². The average molecular weight is 433 g/mol. The van der Waals surface area contributed by atoms with Crippen molar-refractivity contribution in [3.63, 3.8) is 0 Å². The molecule has 0 spiro atoms. The Balaban J connectivity index is 1.90. The van der Waals surface area contributed by atoms with Crippen LogP contribution in [0, 0.1) is 25.6 Å². The molecule has 1 fully saturated rings. The molecule has 1 aliphatic rings. The molecule has 0 atom stereocenters. The lowest BCUT2D eigenvalue weighted by Crippen LogP contribution is -2.38. The Morgan fingerprint density at radius 1 is 1.17 bits per heavy atom. The third-order valence-electron chi connectivity index (χ3n) is 5.94. The summed E-state index contributed by atoms with van der Waals surface area (Å²) in [6.45, 7) is 6.79. The highest BCUT2D eigenvalue weighted by atomic mass is 32.2. The van der Waals surface area contributed by atoms with Gasteiger partial charge in [0.1, 0.15) is 5.82 Å². The molecule has 2 aromatic carbocycles. The Morgan fingerprint density at radius 3 is 2.43 bits per heavy atom. The third-order valence-corrected chi connectivity index (χ3v) is 7.96. The molecule has 2 aromatic rings. The molecule has 0 saturated carbocycles. The first-order valence-electron chi connectivity index (χ1n) is 10.2. The minimum atomic E-state index is -3.68. The molecule has 0 unspecified atom stereocenters. The number of halogens is 1. The van der Waals surface area contributed by atoms with Crippen LogP contribution in [0.1, 0.15) is 46.8 Å². The second-order valence-electron chi connectivity index (χ2n) is 8.26. The van der Waals surface area contributed by atoms with Crippen LogP contribution in [0.5, 0.6) is 0 Å². The van der Waals surface area contributed by atoms with Gasteiger partial charge in [0.2, 0.25) is 10.0 Å². The van der Waals surface area contributed by atoms with Crippen molar-refractivity contribution in [3.8, 4) is 0 Å². The predicted molar refractivity (Wildman–Crippen MR) is 115 cm³/mol. The van der Waals surface area contributed by atoms with Gasteiger partial charge in [0.25, 0.3) is 5.91 Å². The summed E-state index contributed by atoms with van der Waals surface area (Å²) in [7, 11) is -2.10.